The van der Waals surface area contributed by atoms with E-state index in [0.717, 1.165) is 72.2 Å². The first kappa shape index (κ1) is 46.0. The first-order valence-electron chi connectivity index (χ1n) is 20.9. The van der Waals surface area contributed by atoms with Gasteiger partial charge in [0.2, 0.25) is 0 Å². The molecule has 4 unspecified atom stereocenters. The molecule has 58 heavy (non-hydrogen) atoms. The third-order valence-electron chi connectivity index (χ3n) is 11.5. The maximum Gasteiger partial charge on any atom is 0.323 e. The molecule has 312 valence electrons. The average molecular weight is 791 g/mol. The molecule has 0 radical (unpaired) electrons. The molecular weight excluding hydrogens is 725 g/mol. The van der Waals surface area contributed by atoms with Gasteiger partial charge in [-0.2, -0.15) is 0 Å². The summed E-state index contributed by atoms with van der Waals surface area (Å²) in [4.78, 5) is 51.5. The van der Waals surface area contributed by atoms with Crippen molar-refractivity contribution in [3.05, 3.63) is 130 Å². The largest absolute Gasteiger partial charge is 0.453 e. The summed E-state index contributed by atoms with van der Waals surface area (Å²) in [5, 5.41) is 6.31. The molecule has 8 nitrogen and oxygen atoms in total. The number of allylic oxidation sites excluding steroid dienone is 20. The molecule has 0 aromatic carbocycles. The van der Waals surface area contributed by atoms with E-state index in [1.165, 1.54) is 0 Å². The minimum atomic E-state index is -0.741. The van der Waals surface area contributed by atoms with Gasteiger partial charge < -0.3 is 20.1 Å². The van der Waals surface area contributed by atoms with E-state index in [4.69, 9.17) is 9.47 Å². The zero-order chi connectivity index (χ0) is 42.6. The Labute approximate surface area is 347 Å². The number of carbonyl (C=O) groups is 4. The van der Waals surface area contributed by atoms with Gasteiger partial charge in [0.25, 0.3) is 0 Å². The maximum absolute atomic E-state index is 13.2. The molecule has 2 heterocycles. The smallest absolute Gasteiger partial charge is 0.323 e. The Morgan fingerprint density at radius 3 is 1.26 bits per heavy atom. The van der Waals surface area contributed by atoms with Crippen LogP contribution in [0.1, 0.15) is 108 Å². The lowest BCUT2D eigenvalue weighted by molar-refractivity contribution is -0.158. The Hall–Kier alpha value is -4.66. The quantitative estimate of drug-likeness (QED) is 0.132. The van der Waals surface area contributed by atoms with Crippen molar-refractivity contribution in [3.63, 3.8) is 0 Å². The van der Waals surface area contributed by atoms with Gasteiger partial charge in [-0.25, -0.2) is 0 Å². The standard InChI is InChI=1S/C50H66N2O6/c1-33(19-13-21-35(3)25-27-39-37(5)45(53)43(31-49(39,7)8)57-47(55)41-23-15-29-51-41)17-11-12-18-34(2)20-14-22-36(4)26-28-40-38(6)46(54)44(32-50(40,9)10)58-48(56)42-24-16-30-52-42/h11-14,17-22,25-28,41-44,51-52H,15-16,23-24,29-32H2,1-10H3. The number of hydrogen-bond acceptors (Lipinski definition) is 8. The van der Waals surface area contributed by atoms with Crippen molar-refractivity contribution in [2.24, 2.45) is 10.8 Å². The van der Waals surface area contributed by atoms with E-state index >= 15 is 0 Å². The summed E-state index contributed by atoms with van der Waals surface area (Å²) in [6.45, 7) is 21.8. The molecule has 0 spiro atoms. The third kappa shape index (κ3) is 12.9. The highest BCUT2D eigenvalue weighted by molar-refractivity contribution is 6.02. The van der Waals surface area contributed by atoms with Crippen molar-refractivity contribution in [1.29, 1.82) is 0 Å². The van der Waals surface area contributed by atoms with Crippen molar-refractivity contribution in [3.8, 4) is 0 Å². The van der Waals surface area contributed by atoms with Gasteiger partial charge in [-0.3, -0.25) is 19.2 Å². The van der Waals surface area contributed by atoms with Crippen molar-refractivity contribution in [2.75, 3.05) is 13.1 Å². The molecule has 2 aliphatic carbocycles. The van der Waals surface area contributed by atoms with Gasteiger partial charge in [0.05, 0.1) is 0 Å². The van der Waals surface area contributed by atoms with Crippen LogP contribution in [0.4, 0.5) is 0 Å². The normalized spacial score (nSPS) is 26.5. The Morgan fingerprint density at radius 1 is 0.569 bits per heavy atom. The van der Waals surface area contributed by atoms with Crippen molar-refractivity contribution >= 4 is 23.5 Å². The average Bonchev–Trinajstić information content (AvgIpc) is 3.90. The zero-order valence-corrected chi connectivity index (χ0v) is 36.5. The van der Waals surface area contributed by atoms with E-state index in [-0.39, 0.29) is 46.4 Å². The topological polar surface area (TPSA) is 111 Å². The number of hydrogen-bond donors (Lipinski definition) is 2. The molecular formula is C50H66N2O6. The highest BCUT2D eigenvalue weighted by Crippen LogP contribution is 2.42. The monoisotopic (exact) mass is 790 g/mol. The van der Waals surface area contributed by atoms with Gasteiger partial charge in [0.15, 0.2) is 23.8 Å². The molecule has 8 heteroatoms. The van der Waals surface area contributed by atoms with Gasteiger partial charge in [0, 0.05) is 12.8 Å². The lowest BCUT2D eigenvalue weighted by atomic mass is 9.71. The van der Waals surface area contributed by atoms with Crippen LogP contribution >= 0.6 is 0 Å². The fourth-order valence-electron chi connectivity index (χ4n) is 7.97. The minimum Gasteiger partial charge on any atom is -0.453 e. The van der Waals surface area contributed by atoms with Crippen LogP contribution < -0.4 is 10.6 Å². The number of rotatable bonds is 14. The van der Waals surface area contributed by atoms with Crippen LogP contribution in [-0.2, 0) is 28.7 Å². The summed E-state index contributed by atoms with van der Waals surface area (Å²) in [6, 6.07) is -0.621. The number of carbonyl (C=O) groups excluding carboxylic acids is 4. The van der Waals surface area contributed by atoms with E-state index < -0.39 is 12.2 Å². The maximum atomic E-state index is 13.2. The summed E-state index contributed by atoms with van der Waals surface area (Å²) < 4.78 is 11.4. The number of ether oxygens (including phenoxy) is 2. The molecule has 0 aromatic rings. The van der Waals surface area contributed by atoms with Crippen LogP contribution in [0.25, 0.3) is 0 Å². The Balaban J connectivity index is 1.27. The van der Waals surface area contributed by atoms with Gasteiger partial charge in [0.1, 0.15) is 12.1 Å². The molecule has 2 saturated heterocycles. The molecule has 0 bridgehead atoms. The lowest BCUT2D eigenvalue weighted by Crippen LogP contribution is -2.42. The second-order valence-electron chi connectivity index (χ2n) is 17.5. The van der Waals surface area contributed by atoms with Gasteiger partial charge in [-0.05, 0) is 113 Å². The summed E-state index contributed by atoms with van der Waals surface area (Å²) >= 11 is 0. The first-order valence-corrected chi connectivity index (χ1v) is 20.9. The van der Waals surface area contributed by atoms with Gasteiger partial charge >= 0.3 is 11.9 Å². The molecule has 2 fully saturated rings. The zero-order valence-electron chi connectivity index (χ0n) is 36.5. The fraction of sp³-hybridized carbons (Fsp3) is 0.480. The van der Waals surface area contributed by atoms with Crippen LogP contribution in [-0.4, -0.2) is 60.9 Å². The first-order chi connectivity index (χ1) is 27.4. The Morgan fingerprint density at radius 2 is 0.914 bits per heavy atom. The molecule has 4 rings (SSSR count). The SMILES string of the molecule is CC(C=CC=C(C)C=CC1=C(C)C(=O)C(OC(=O)C2CCCN2)CC1(C)C)=CC=CC=C(C)C=CC=C(C)C=CC1=C(C)C(=O)C(OC(=O)C2CCCN2)CC1(C)C. The van der Waals surface area contributed by atoms with E-state index in [0.29, 0.717) is 24.0 Å². The number of Topliss-reactive ketones (excluding diaryl/α,β-unsaturated/α-hetero) is 2. The summed E-state index contributed by atoms with van der Waals surface area (Å²) in [6.07, 6.45) is 31.3. The molecule has 4 aliphatic rings. The van der Waals surface area contributed by atoms with Crippen molar-refractivity contribution < 1.29 is 28.7 Å². The molecule has 2 N–H and O–H groups in total. The second kappa shape index (κ2) is 20.9. The molecule has 2 aliphatic heterocycles. The molecule has 0 aromatic heterocycles. The number of esters is 2. The van der Waals surface area contributed by atoms with Crippen LogP contribution in [0.3, 0.4) is 0 Å². The van der Waals surface area contributed by atoms with Crippen LogP contribution in [0.2, 0.25) is 0 Å². The fourth-order valence-corrected chi connectivity index (χ4v) is 7.97. The summed E-state index contributed by atoms with van der Waals surface area (Å²) in [5.74, 6) is -0.870. The van der Waals surface area contributed by atoms with Crippen molar-refractivity contribution in [1.82, 2.24) is 10.6 Å². The Kier molecular flexibility index (Phi) is 16.5. The summed E-state index contributed by atoms with van der Waals surface area (Å²) in [7, 11) is 0. The van der Waals surface area contributed by atoms with Gasteiger partial charge in [-0.15, -0.1) is 0 Å². The predicted octanol–water partition coefficient (Wildman–Crippen LogP) is 9.51. The predicted molar refractivity (Wildman–Crippen MR) is 235 cm³/mol. The van der Waals surface area contributed by atoms with Gasteiger partial charge in [-0.1, -0.05) is 135 Å². The van der Waals surface area contributed by atoms with E-state index in [2.05, 4.69) is 76.5 Å². The third-order valence-corrected chi connectivity index (χ3v) is 11.5. The van der Waals surface area contributed by atoms with Crippen LogP contribution in [0.5, 0.6) is 0 Å². The minimum absolute atomic E-state index is 0.112. The Bertz CT molecular complexity index is 1790. The number of ketones is 2. The van der Waals surface area contributed by atoms with E-state index in [9.17, 15) is 19.2 Å². The lowest BCUT2D eigenvalue weighted by Gasteiger charge is -2.36. The number of nitrogens with one attached hydrogen (secondary N) is 2. The van der Waals surface area contributed by atoms with Crippen LogP contribution in [0.15, 0.2) is 130 Å². The highest BCUT2D eigenvalue weighted by Gasteiger charge is 2.42. The van der Waals surface area contributed by atoms with E-state index in [1.54, 1.807) is 0 Å². The molecule has 0 saturated carbocycles. The molecule has 4 atom stereocenters. The van der Waals surface area contributed by atoms with Crippen LogP contribution in [0, 0.1) is 10.8 Å². The van der Waals surface area contributed by atoms with Crippen molar-refractivity contribution in [2.45, 2.75) is 132 Å². The second-order valence-corrected chi connectivity index (χ2v) is 17.5. The summed E-state index contributed by atoms with van der Waals surface area (Å²) in [5.41, 5.74) is 6.94. The van der Waals surface area contributed by atoms with E-state index in [1.807, 2.05) is 88.5 Å². The molecule has 0 amide bonds. The highest BCUT2D eigenvalue weighted by atomic mass is 16.6.